The summed E-state index contributed by atoms with van der Waals surface area (Å²) in [7, 11) is 0. The van der Waals surface area contributed by atoms with Crippen LogP contribution in [0.3, 0.4) is 0 Å². The first-order valence-corrected chi connectivity index (χ1v) is 8.17. The highest BCUT2D eigenvalue weighted by molar-refractivity contribution is 5.93. The normalized spacial score (nSPS) is 19.6. The van der Waals surface area contributed by atoms with Gasteiger partial charge in [-0.1, -0.05) is 30.3 Å². The van der Waals surface area contributed by atoms with Gasteiger partial charge in [0.05, 0.1) is 24.4 Å². The van der Waals surface area contributed by atoms with Crippen molar-refractivity contribution in [1.29, 1.82) is 0 Å². The van der Waals surface area contributed by atoms with Gasteiger partial charge >= 0.3 is 0 Å². The molecule has 122 valence electrons. The molecule has 5 nitrogen and oxygen atoms in total. The number of carbonyl (C=O) groups excluding carboxylic acids is 1. The second-order valence-electron chi connectivity index (χ2n) is 6.31. The molecular weight excluding hydrogens is 290 g/mol. The van der Waals surface area contributed by atoms with Crippen molar-refractivity contribution in [1.82, 2.24) is 14.7 Å². The van der Waals surface area contributed by atoms with E-state index < -0.39 is 0 Å². The van der Waals surface area contributed by atoms with Gasteiger partial charge in [0.2, 0.25) is 0 Å². The molecule has 3 rings (SSSR count). The summed E-state index contributed by atoms with van der Waals surface area (Å²) in [5.74, 6) is 0.182. The maximum absolute atomic E-state index is 12.6. The summed E-state index contributed by atoms with van der Waals surface area (Å²) in [6.07, 6.45) is 5.00. The molecule has 0 aliphatic carbocycles. The highest BCUT2D eigenvalue weighted by Gasteiger charge is 2.27. The quantitative estimate of drug-likeness (QED) is 0.941. The molecular formula is C18H23N3O2. The smallest absolute Gasteiger partial charge is 0.257 e. The van der Waals surface area contributed by atoms with Crippen LogP contribution in [0.25, 0.3) is 0 Å². The summed E-state index contributed by atoms with van der Waals surface area (Å²) in [6, 6.07) is 10.1. The third-order valence-electron chi connectivity index (χ3n) is 4.49. The van der Waals surface area contributed by atoms with Gasteiger partial charge in [0.25, 0.3) is 5.91 Å². The predicted octanol–water partition coefficient (Wildman–Crippen LogP) is 2.16. The molecule has 1 saturated heterocycles. The number of hydrogen-bond acceptors (Lipinski definition) is 3. The Labute approximate surface area is 136 Å². The molecule has 0 spiro atoms. The van der Waals surface area contributed by atoms with Crippen LogP contribution in [0.1, 0.15) is 35.7 Å². The lowest BCUT2D eigenvalue weighted by molar-refractivity contribution is 0.0466. The fourth-order valence-electron chi connectivity index (χ4n) is 3.10. The number of aromatic nitrogens is 2. The third kappa shape index (κ3) is 3.79. The minimum absolute atomic E-state index is 0.00895. The summed E-state index contributed by atoms with van der Waals surface area (Å²) in [6.45, 7) is 3.84. The Kier molecular flexibility index (Phi) is 4.76. The first kappa shape index (κ1) is 15.7. The van der Waals surface area contributed by atoms with E-state index in [-0.39, 0.29) is 17.9 Å². The number of likely N-dealkylation sites (tertiary alicyclic amines) is 1. The number of nitrogens with zero attached hydrogens (tertiary/aromatic N) is 3. The van der Waals surface area contributed by atoms with Crippen molar-refractivity contribution in [2.75, 3.05) is 13.1 Å². The minimum atomic E-state index is -0.369. The van der Waals surface area contributed by atoms with Crippen molar-refractivity contribution in [2.24, 2.45) is 5.92 Å². The van der Waals surface area contributed by atoms with Gasteiger partial charge in [-0.05, 0) is 25.3 Å². The fraction of sp³-hybridized carbons (Fsp3) is 0.444. The van der Waals surface area contributed by atoms with Gasteiger partial charge in [-0.15, -0.1) is 0 Å². The Bertz CT molecular complexity index is 651. The third-order valence-corrected chi connectivity index (χ3v) is 4.49. The maximum Gasteiger partial charge on any atom is 0.257 e. The van der Waals surface area contributed by atoms with Gasteiger partial charge in [0.15, 0.2) is 0 Å². The molecule has 1 fully saturated rings. The largest absolute Gasteiger partial charge is 0.393 e. The second-order valence-corrected chi connectivity index (χ2v) is 6.31. The van der Waals surface area contributed by atoms with E-state index in [9.17, 15) is 9.90 Å². The minimum Gasteiger partial charge on any atom is -0.393 e. The Hall–Kier alpha value is -2.14. The second kappa shape index (κ2) is 6.96. The molecule has 5 heteroatoms. The zero-order chi connectivity index (χ0) is 16.2. The number of aliphatic hydroxyl groups excluding tert-OH is 1. The zero-order valence-corrected chi connectivity index (χ0v) is 13.4. The number of amides is 1. The molecule has 23 heavy (non-hydrogen) atoms. The first-order chi connectivity index (χ1) is 11.1. The number of benzene rings is 1. The van der Waals surface area contributed by atoms with Crippen LogP contribution in [0, 0.1) is 5.92 Å². The number of hydrogen-bond donors (Lipinski definition) is 1. The van der Waals surface area contributed by atoms with Crippen molar-refractivity contribution < 1.29 is 9.90 Å². The van der Waals surface area contributed by atoms with Gasteiger partial charge in [-0.2, -0.15) is 5.10 Å². The average Bonchev–Trinajstić information content (AvgIpc) is 3.03. The monoisotopic (exact) mass is 313 g/mol. The van der Waals surface area contributed by atoms with Crippen molar-refractivity contribution in [2.45, 2.75) is 32.4 Å². The topological polar surface area (TPSA) is 58.4 Å². The molecule has 1 aromatic carbocycles. The molecule has 1 aromatic heterocycles. The molecule has 1 aliphatic heterocycles. The number of carbonyl (C=O) groups is 1. The van der Waals surface area contributed by atoms with Crippen LogP contribution >= 0.6 is 0 Å². The van der Waals surface area contributed by atoms with Gasteiger partial charge in [-0.25, -0.2) is 0 Å². The molecule has 2 heterocycles. The lowest BCUT2D eigenvalue weighted by Gasteiger charge is -2.33. The molecule has 2 atom stereocenters. The molecule has 2 unspecified atom stereocenters. The van der Waals surface area contributed by atoms with E-state index in [4.69, 9.17) is 0 Å². The van der Waals surface area contributed by atoms with Gasteiger partial charge in [-0.3, -0.25) is 9.48 Å². The van der Waals surface area contributed by atoms with E-state index in [1.165, 1.54) is 0 Å². The van der Waals surface area contributed by atoms with Crippen LogP contribution in [-0.2, 0) is 6.54 Å². The van der Waals surface area contributed by atoms with E-state index in [2.05, 4.69) is 5.10 Å². The molecule has 1 N–H and O–H groups in total. The van der Waals surface area contributed by atoms with Crippen LogP contribution in [0.15, 0.2) is 42.7 Å². The van der Waals surface area contributed by atoms with E-state index in [0.717, 1.165) is 24.9 Å². The fourth-order valence-corrected chi connectivity index (χ4v) is 3.10. The van der Waals surface area contributed by atoms with E-state index in [1.54, 1.807) is 24.0 Å². The van der Waals surface area contributed by atoms with Gasteiger partial charge < -0.3 is 10.0 Å². The van der Waals surface area contributed by atoms with Crippen LogP contribution < -0.4 is 0 Å². The van der Waals surface area contributed by atoms with Gasteiger partial charge in [0.1, 0.15) is 0 Å². The summed E-state index contributed by atoms with van der Waals surface area (Å²) >= 11 is 0. The highest BCUT2D eigenvalue weighted by atomic mass is 16.3. The Morgan fingerprint density at radius 2 is 2.17 bits per heavy atom. The van der Waals surface area contributed by atoms with E-state index >= 15 is 0 Å². The van der Waals surface area contributed by atoms with Crippen molar-refractivity contribution in [3.63, 3.8) is 0 Å². The van der Waals surface area contributed by atoms with Crippen molar-refractivity contribution in [3.8, 4) is 0 Å². The molecule has 0 radical (unpaired) electrons. The molecule has 0 bridgehead atoms. The molecule has 2 aromatic rings. The highest BCUT2D eigenvalue weighted by Crippen LogP contribution is 2.21. The Morgan fingerprint density at radius 1 is 1.39 bits per heavy atom. The summed E-state index contributed by atoms with van der Waals surface area (Å²) < 4.78 is 1.79. The average molecular weight is 313 g/mol. The van der Waals surface area contributed by atoms with E-state index in [1.807, 2.05) is 35.2 Å². The van der Waals surface area contributed by atoms with Gasteiger partial charge in [0, 0.05) is 25.2 Å². The maximum atomic E-state index is 12.6. The van der Waals surface area contributed by atoms with Crippen molar-refractivity contribution in [3.05, 3.63) is 53.9 Å². The Morgan fingerprint density at radius 3 is 2.91 bits per heavy atom. The summed E-state index contributed by atoms with van der Waals surface area (Å²) in [5, 5.41) is 14.1. The van der Waals surface area contributed by atoms with Crippen LogP contribution in [0.4, 0.5) is 0 Å². The standard InChI is InChI=1S/C18H23N3O2/c1-14(22)16-8-5-9-20(12-16)18(23)17-10-19-21(13-17)11-15-6-3-2-4-7-15/h2-4,6-7,10,13-14,16,22H,5,8-9,11-12H2,1H3. The predicted molar refractivity (Wildman–Crippen MR) is 88.1 cm³/mol. The summed E-state index contributed by atoms with van der Waals surface area (Å²) in [4.78, 5) is 14.5. The molecule has 0 saturated carbocycles. The number of aliphatic hydroxyl groups is 1. The lowest BCUT2D eigenvalue weighted by Crippen LogP contribution is -2.42. The Balaban J connectivity index is 1.66. The van der Waals surface area contributed by atoms with E-state index in [0.29, 0.717) is 18.7 Å². The SMILES string of the molecule is CC(O)C1CCCN(C(=O)c2cnn(Cc3ccccc3)c2)C1. The molecule has 1 aliphatic rings. The summed E-state index contributed by atoms with van der Waals surface area (Å²) in [5.41, 5.74) is 1.77. The van der Waals surface area contributed by atoms with Crippen LogP contribution in [-0.4, -0.2) is 44.9 Å². The van der Waals surface area contributed by atoms with Crippen molar-refractivity contribution >= 4 is 5.91 Å². The molecule has 1 amide bonds. The number of piperidine rings is 1. The van der Waals surface area contributed by atoms with Crippen LogP contribution in [0.5, 0.6) is 0 Å². The number of rotatable bonds is 4. The van der Waals surface area contributed by atoms with Crippen LogP contribution in [0.2, 0.25) is 0 Å². The first-order valence-electron chi connectivity index (χ1n) is 8.17. The zero-order valence-electron chi connectivity index (χ0n) is 13.4. The lowest BCUT2D eigenvalue weighted by atomic mass is 9.93.